The van der Waals surface area contributed by atoms with Gasteiger partial charge in [-0.15, -0.1) is 0 Å². The Morgan fingerprint density at radius 2 is 2.31 bits per heavy atom. The topological polar surface area (TPSA) is 29.5 Å². The highest BCUT2D eigenvalue weighted by molar-refractivity contribution is 5.73. The van der Waals surface area contributed by atoms with Gasteiger partial charge in [0.25, 0.3) is 0 Å². The van der Waals surface area contributed by atoms with E-state index in [0.29, 0.717) is 12.0 Å². The minimum absolute atomic E-state index is 0.187. The van der Waals surface area contributed by atoms with Crippen molar-refractivity contribution in [1.29, 1.82) is 0 Å². The van der Waals surface area contributed by atoms with Crippen LogP contribution < -0.4 is 0 Å². The van der Waals surface area contributed by atoms with Gasteiger partial charge in [-0.3, -0.25) is 4.79 Å². The van der Waals surface area contributed by atoms with Gasteiger partial charge in [-0.1, -0.05) is 0 Å². The number of hydrogen-bond donors (Lipinski definition) is 0. The normalized spacial score (nSPS) is 22.8. The average Bonchev–Trinajstić information content (AvgIpc) is 2.48. The first-order chi connectivity index (χ1) is 6.09. The lowest BCUT2D eigenvalue weighted by atomic mass is 10.1. The SMILES string of the molecule is CC(=O)N1CCC(COC(C)C)C1. The third kappa shape index (κ3) is 3.35. The molecule has 1 atom stereocenters. The minimum Gasteiger partial charge on any atom is -0.378 e. The van der Waals surface area contributed by atoms with E-state index in [1.807, 2.05) is 18.7 Å². The molecule has 3 heteroatoms. The molecule has 0 saturated carbocycles. The van der Waals surface area contributed by atoms with Crippen molar-refractivity contribution in [3.05, 3.63) is 0 Å². The van der Waals surface area contributed by atoms with Gasteiger partial charge in [0.2, 0.25) is 5.91 Å². The highest BCUT2D eigenvalue weighted by Gasteiger charge is 2.24. The molecule has 0 aliphatic carbocycles. The van der Waals surface area contributed by atoms with Gasteiger partial charge in [0, 0.05) is 25.9 Å². The molecule has 1 aliphatic rings. The van der Waals surface area contributed by atoms with Crippen LogP contribution >= 0.6 is 0 Å². The van der Waals surface area contributed by atoms with Gasteiger partial charge >= 0.3 is 0 Å². The van der Waals surface area contributed by atoms with E-state index < -0.39 is 0 Å². The van der Waals surface area contributed by atoms with Gasteiger partial charge in [-0.05, 0) is 20.3 Å². The summed E-state index contributed by atoms with van der Waals surface area (Å²) in [6.45, 7) is 8.28. The molecule has 0 radical (unpaired) electrons. The Hall–Kier alpha value is -0.570. The van der Waals surface area contributed by atoms with Gasteiger partial charge in [0.1, 0.15) is 0 Å². The molecule has 1 aliphatic heterocycles. The fraction of sp³-hybridized carbons (Fsp3) is 0.900. The van der Waals surface area contributed by atoms with Crippen molar-refractivity contribution in [2.45, 2.75) is 33.3 Å². The maximum absolute atomic E-state index is 11.0. The van der Waals surface area contributed by atoms with Crippen molar-refractivity contribution in [3.8, 4) is 0 Å². The lowest BCUT2D eigenvalue weighted by Crippen LogP contribution is -2.26. The van der Waals surface area contributed by atoms with Crippen molar-refractivity contribution in [2.75, 3.05) is 19.7 Å². The molecule has 76 valence electrons. The van der Waals surface area contributed by atoms with Crippen molar-refractivity contribution in [2.24, 2.45) is 5.92 Å². The van der Waals surface area contributed by atoms with Gasteiger partial charge < -0.3 is 9.64 Å². The minimum atomic E-state index is 0.187. The lowest BCUT2D eigenvalue weighted by molar-refractivity contribution is -0.128. The molecular formula is C10H19NO2. The first-order valence-electron chi connectivity index (χ1n) is 4.96. The largest absolute Gasteiger partial charge is 0.378 e. The van der Waals surface area contributed by atoms with E-state index in [1.165, 1.54) is 0 Å². The van der Waals surface area contributed by atoms with Crippen LogP contribution in [0.2, 0.25) is 0 Å². The Morgan fingerprint density at radius 3 is 2.77 bits per heavy atom. The van der Waals surface area contributed by atoms with Crippen molar-refractivity contribution < 1.29 is 9.53 Å². The van der Waals surface area contributed by atoms with E-state index >= 15 is 0 Å². The molecule has 13 heavy (non-hydrogen) atoms. The number of ether oxygens (including phenoxy) is 1. The average molecular weight is 185 g/mol. The van der Waals surface area contributed by atoms with Gasteiger partial charge in [0.15, 0.2) is 0 Å². The van der Waals surface area contributed by atoms with Crippen LogP contribution in [0.15, 0.2) is 0 Å². The van der Waals surface area contributed by atoms with Crippen LogP contribution in [0.3, 0.4) is 0 Å². The molecular weight excluding hydrogens is 166 g/mol. The summed E-state index contributed by atoms with van der Waals surface area (Å²) < 4.78 is 5.52. The Kier molecular flexibility index (Phi) is 3.72. The first-order valence-corrected chi connectivity index (χ1v) is 4.96. The molecule has 0 aromatic heterocycles. The third-order valence-electron chi connectivity index (χ3n) is 2.40. The van der Waals surface area contributed by atoms with Crippen LogP contribution in [-0.2, 0) is 9.53 Å². The molecule has 1 fully saturated rings. The van der Waals surface area contributed by atoms with E-state index in [2.05, 4.69) is 0 Å². The monoisotopic (exact) mass is 185 g/mol. The number of carbonyl (C=O) groups excluding carboxylic acids is 1. The second kappa shape index (κ2) is 4.61. The third-order valence-corrected chi connectivity index (χ3v) is 2.40. The highest BCUT2D eigenvalue weighted by Crippen LogP contribution is 2.16. The Morgan fingerprint density at radius 1 is 1.62 bits per heavy atom. The van der Waals surface area contributed by atoms with E-state index in [9.17, 15) is 4.79 Å². The molecule has 0 aromatic carbocycles. The van der Waals surface area contributed by atoms with Crippen LogP contribution in [0.25, 0.3) is 0 Å². The van der Waals surface area contributed by atoms with E-state index in [0.717, 1.165) is 26.1 Å². The molecule has 1 amide bonds. The predicted octanol–water partition coefficient (Wildman–Crippen LogP) is 1.28. The highest BCUT2D eigenvalue weighted by atomic mass is 16.5. The van der Waals surface area contributed by atoms with E-state index in [-0.39, 0.29) is 5.91 Å². The quantitative estimate of drug-likeness (QED) is 0.663. The molecule has 0 aromatic rings. The summed E-state index contributed by atoms with van der Waals surface area (Å²) in [6, 6.07) is 0. The first kappa shape index (κ1) is 10.5. The summed E-state index contributed by atoms with van der Waals surface area (Å²) in [7, 11) is 0. The lowest BCUT2D eigenvalue weighted by Gasteiger charge is -2.15. The fourth-order valence-corrected chi connectivity index (χ4v) is 1.58. The van der Waals surface area contributed by atoms with Gasteiger partial charge in [0.05, 0.1) is 12.7 Å². The molecule has 0 spiro atoms. The van der Waals surface area contributed by atoms with Crippen LogP contribution in [0.5, 0.6) is 0 Å². The Balaban J connectivity index is 2.21. The predicted molar refractivity (Wildman–Crippen MR) is 51.4 cm³/mol. The molecule has 0 bridgehead atoms. The van der Waals surface area contributed by atoms with Crippen LogP contribution in [0.4, 0.5) is 0 Å². The van der Waals surface area contributed by atoms with Crippen molar-refractivity contribution in [3.63, 3.8) is 0 Å². The van der Waals surface area contributed by atoms with Crippen LogP contribution in [-0.4, -0.2) is 36.6 Å². The number of nitrogens with zero attached hydrogens (tertiary/aromatic N) is 1. The molecule has 0 N–H and O–H groups in total. The Bertz CT molecular complexity index is 180. The van der Waals surface area contributed by atoms with Crippen LogP contribution in [0, 0.1) is 5.92 Å². The fourth-order valence-electron chi connectivity index (χ4n) is 1.58. The second-order valence-electron chi connectivity index (χ2n) is 4.00. The summed E-state index contributed by atoms with van der Waals surface area (Å²) in [6.07, 6.45) is 1.39. The van der Waals surface area contributed by atoms with Crippen molar-refractivity contribution in [1.82, 2.24) is 4.90 Å². The summed E-state index contributed by atoms with van der Waals surface area (Å²) in [4.78, 5) is 12.9. The van der Waals surface area contributed by atoms with Gasteiger partial charge in [-0.2, -0.15) is 0 Å². The molecule has 1 heterocycles. The van der Waals surface area contributed by atoms with E-state index in [4.69, 9.17) is 4.74 Å². The number of carbonyl (C=O) groups is 1. The maximum Gasteiger partial charge on any atom is 0.219 e. The number of amides is 1. The Labute approximate surface area is 80.1 Å². The maximum atomic E-state index is 11.0. The smallest absolute Gasteiger partial charge is 0.219 e. The zero-order valence-electron chi connectivity index (χ0n) is 8.75. The molecule has 3 nitrogen and oxygen atoms in total. The number of likely N-dealkylation sites (tertiary alicyclic amines) is 1. The standard InChI is InChI=1S/C10H19NO2/c1-8(2)13-7-10-4-5-11(6-10)9(3)12/h8,10H,4-7H2,1-3H3. The summed E-state index contributed by atoms with van der Waals surface area (Å²) in [5.41, 5.74) is 0. The molecule has 1 saturated heterocycles. The van der Waals surface area contributed by atoms with Crippen LogP contribution in [0.1, 0.15) is 27.2 Å². The van der Waals surface area contributed by atoms with E-state index in [1.54, 1.807) is 6.92 Å². The summed E-state index contributed by atoms with van der Waals surface area (Å²) in [5.74, 6) is 0.735. The number of hydrogen-bond acceptors (Lipinski definition) is 2. The second-order valence-corrected chi connectivity index (χ2v) is 4.00. The number of rotatable bonds is 3. The van der Waals surface area contributed by atoms with Gasteiger partial charge in [-0.25, -0.2) is 0 Å². The summed E-state index contributed by atoms with van der Waals surface area (Å²) >= 11 is 0. The zero-order valence-corrected chi connectivity index (χ0v) is 8.75. The molecule has 1 unspecified atom stereocenters. The summed E-state index contributed by atoms with van der Waals surface area (Å²) in [5, 5.41) is 0. The van der Waals surface area contributed by atoms with Crippen molar-refractivity contribution >= 4 is 5.91 Å². The zero-order chi connectivity index (χ0) is 9.84. The molecule has 1 rings (SSSR count).